The molecule has 0 saturated carbocycles. The number of carbonyl (C=O) groups excluding carboxylic acids is 1. The summed E-state index contributed by atoms with van der Waals surface area (Å²) in [6, 6.07) is 4.75. The number of hydrogen-bond acceptors (Lipinski definition) is 2. The number of halogens is 2. The Morgan fingerprint density at radius 1 is 1.50 bits per heavy atom. The van der Waals surface area contributed by atoms with Gasteiger partial charge in [0.05, 0.1) is 11.1 Å². The summed E-state index contributed by atoms with van der Waals surface area (Å²) in [5, 5.41) is 0.142. The highest BCUT2D eigenvalue weighted by atomic mass is 35.5. The van der Waals surface area contributed by atoms with Crippen LogP contribution in [0, 0.1) is 5.82 Å². The van der Waals surface area contributed by atoms with Crippen molar-refractivity contribution in [1.82, 2.24) is 4.90 Å². The number of nitrogens with zero attached hydrogens (tertiary/aromatic N) is 1. The van der Waals surface area contributed by atoms with Crippen molar-refractivity contribution < 1.29 is 9.18 Å². The van der Waals surface area contributed by atoms with Crippen molar-refractivity contribution in [2.24, 2.45) is 0 Å². The van der Waals surface area contributed by atoms with Gasteiger partial charge < -0.3 is 0 Å². The molecule has 0 aromatic heterocycles. The molecule has 0 spiro atoms. The van der Waals surface area contributed by atoms with Crippen molar-refractivity contribution in [3.63, 3.8) is 0 Å². The second kappa shape index (κ2) is 5.81. The van der Waals surface area contributed by atoms with Crippen molar-refractivity contribution in [3.8, 4) is 0 Å². The third-order valence-electron chi connectivity index (χ3n) is 3.45. The summed E-state index contributed by atoms with van der Waals surface area (Å²) in [6.45, 7) is 3.21. The Hall–Kier alpha value is -0.930. The van der Waals surface area contributed by atoms with Crippen LogP contribution in [0.5, 0.6) is 0 Å². The first kappa shape index (κ1) is 13.5. The molecule has 1 heterocycles. The molecule has 1 aliphatic heterocycles. The first-order valence-electron chi connectivity index (χ1n) is 6.26. The minimum Gasteiger partial charge on any atom is -0.298 e. The van der Waals surface area contributed by atoms with Gasteiger partial charge in [0.1, 0.15) is 11.6 Å². The van der Waals surface area contributed by atoms with Crippen LogP contribution < -0.4 is 0 Å². The largest absolute Gasteiger partial charge is 0.298 e. The number of ketones is 1. The molecule has 1 aromatic rings. The van der Waals surface area contributed by atoms with Gasteiger partial charge in [-0.15, -0.1) is 0 Å². The summed E-state index contributed by atoms with van der Waals surface area (Å²) in [5.41, 5.74) is 0.953. The highest BCUT2D eigenvalue weighted by Gasteiger charge is 2.25. The number of carbonyl (C=O) groups is 1. The lowest BCUT2D eigenvalue weighted by molar-refractivity contribution is -0.123. The first-order chi connectivity index (χ1) is 8.58. The number of piperidine rings is 1. The van der Waals surface area contributed by atoms with E-state index in [1.54, 1.807) is 19.1 Å². The fraction of sp³-hybridized carbons (Fsp3) is 0.500. The van der Waals surface area contributed by atoms with Crippen molar-refractivity contribution in [2.45, 2.75) is 38.8 Å². The van der Waals surface area contributed by atoms with Crippen LogP contribution in [0.4, 0.5) is 4.39 Å². The van der Waals surface area contributed by atoms with E-state index in [4.69, 9.17) is 11.6 Å². The molecule has 0 N–H and O–H groups in total. The van der Waals surface area contributed by atoms with Crippen LogP contribution in [0.25, 0.3) is 0 Å². The van der Waals surface area contributed by atoms with Crippen LogP contribution in [0.15, 0.2) is 18.2 Å². The van der Waals surface area contributed by atoms with Gasteiger partial charge in [0.15, 0.2) is 0 Å². The van der Waals surface area contributed by atoms with Gasteiger partial charge in [-0.1, -0.05) is 24.1 Å². The molecule has 2 rings (SSSR count). The fourth-order valence-electron chi connectivity index (χ4n) is 2.51. The van der Waals surface area contributed by atoms with Crippen molar-refractivity contribution in [1.29, 1.82) is 0 Å². The molecule has 4 heteroatoms. The Balaban J connectivity index is 2.10. The second-order valence-electron chi connectivity index (χ2n) is 4.84. The van der Waals surface area contributed by atoms with E-state index in [1.807, 2.05) is 0 Å². The predicted octanol–water partition coefficient (Wildman–Crippen LogP) is 3.42. The lowest BCUT2D eigenvalue weighted by Gasteiger charge is -2.34. The van der Waals surface area contributed by atoms with E-state index in [0.717, 1.165) is 31.4 Å². The summed E-state index contributed by atoms with van der Waals surface area (Å²) in [5.74, 6) is -0.190. The van der Waals surface area contributed by atoms with Gasteiger partial charge in [0, 0.05) is 6.54 Å². The standard InChI is InChI=1S/C14H17ClFNO/c1-10(18)14-4-2-3-7-17(14)9-11-5-6-13(16)12(15)8-11/h5-6,8,14H,2-4,7,9H2,1H3. The molecule has 1 unspecified atom stereocenters. The summed E-state index contributed by atoms with van der Waals surface area (Å²) >= 11 is 5.77. The fourth-order valence-corrected chi connectivity index (χ4v) is 2.72. The third-order valence-corrected chi connectivity index (χ3v) is 3.74. The van der Waals surface area contributed by atoms with Crippen molar-refractivity contribution >= 4 is 17.4 Å². The van der Waals surface area contributed by atoms with Crippen LogP contribution in [0.3, 0.4) is 0 Å². The number of Topliss-reactive ketones (excluding diaryl/α,β-unsaturated/α-hetero) is 1. The number of benzene rings is 1. The van der Waals surface area contributed by atoms with E-state index in [1.165, 1.54) is 6.07 Å². The Bertz CT molecular complexity index is 449. The zero-order valence-corrected chi connectivity index (χ0v) is 11.2. The van der Waals surface area contributed by atoms with Gasteiger partial charge in [-0.2, -0.15) is 0 Å². The van der Waals surface area contributed by atoms with E-state index < -0.39 is 5.82 Å². The topological polar surface area (TPSA) is 20.3 Å². The number of likely N-dealkylation sites (tertiary alicyclic amines) is 1. The normalized spacial score (nSPS) is 20.9. The highest BCUT2D eigenvalue weighted by molar-refractivity contribution is 6.30. The van der Waals surface area contributed by atoms with E-state index in [2.05, 4.69) is 4.90 Å². The molecule has 18 heavy (non-hydrogen) atoms. The van der Waals surface area contributed by atoms with E-state index in [0.29, 0.717) is 6.54 Å². The third kappa shape index (κ3) is 3.09. The monoisotopic (exact) mass is 269 g/mol. The molecule has 0 aliphatic carbocycles. The summed E-state index contributed by atoms with van der Waals surface area (Å²) in [6.07, 6.45) is 3.13. The van der Waals surface area contributed by atoms with Gasteiger partial charge in [-0.05, 0) is 44.0 Å². The number of hydrogen-bond donors (Lipinski definition) is 0. The van der Waals surface area contributed by atoms with Crippen LogP contribution in [-0.2, 0) is 11.3 Å². The Labute approximate surface area is 112 Å². The average Bonchev–Trinajstić information content (AvgIpc) is 2.34. The lowest BCUT2D eigenvalue weighted by atomic mass is 9.98. The maximum atomic E-state index is 13.1. The van der Waals surface area contributed by atoms with Crippen LogP contribution in [-0.4, -0.2) is 23.3 Å². The quantitative estimate of drug-likeness (QED) is 0.838. The molecular formula is C14H17ClFNO. The Kier molecular flexibility index (Phi) is 4.36. The molecule has 0 radical (unpaired) electrons. The molecule has 1 saturated heterocycles. The average molecular weight is 270 g/mol. The van der Waals surface area contributed by atoms with Gasteiger partial charge in [-0.3, -0.25) is 9.69 Å². The maximum Gasteiger partial charge on any atom is 0.146 e. The molecule has 1 fully saturated rings. The molecule has 0 amide bonds. The summed E-state index contributed by atoms with van der Waals surface area (Å²) < 4.78 is 13.1. The van der Waals surface area contributed by atoms with Gasteiger partial charge >= 0.3 is 0 Å². The molecule has 1 aliphatic rings. The molecule has 98 valence electrons. The van der Waals surface area contributed by atoms with Crippen LogP contribution in [0.2, 0.25) is 5.02 Å². The van der Waals surface area contributed by atoms with Crippen LogP contribution >= 0.6 is 11.6 Å². The zero-order valence-electron chi connectivity index (χ0n) is 10.5. The number of rotatable bonds is 3. The van der Waals surface area contributed by atoms with Crippen molar-refractivity contribution in [3.05, 3.63) is 34.6 Å². The van der Waals surface area contributed by atoms with E-state index in [-0.39, 0.29) is 16.8 Å². The van der Waals surface area contributed by atoms with Gasteiger partial charge in [0.2, 0.25) is 0 Å². The van der Waals surface area contributed by atoms with Crippen LogP contribution in [0.1, 0.15) is 31.7 Å². The van der Waals surface area contributed by atoms with Gasteiger partial charge in [-0.25, -0.2) is 4.39 Å². The maximum absolute atomic E-state index is 13.1. The molecule has 2 nitrogen and oxygen atoms in total. The predicted molar refractivity (Wildman–Crippen MR) is 70.1 cm³/mol. The second-order valence-corrected chi connectivity index (χ2v) is 5.25. The summed E-state index contributed by atoms with van der Waals surface area (Å²) in [7, 11) is 0. The minimum absolute atomic E-state index is 0.00239. The van der Waals surface area contributed by atoms with E-state index >= 15 is 0 Å². The zero-order chi connectivity index (χ0) is 13.1. The lowest BCUT2D eigenvalue weighted by Crippen LogP contribution is -2.43. The SMILES string of the molecule is CC(=O)C1CCCCN1Cc1ccc(F)c(Cl)c1. The summed E-state index contributed by atoms with van der Waals surface area (Å²) in [4.78, 5) is 13.8. The minimum atomic E-state index is -0.401. The van der Waals surface area contributed by atoms with E-state index in [9.17, 15) is 9.18 Å². The van der Waals surface area contributed by atoms with Crippen molar-refractivity contribution in [2.75, 3.05) is 6.54 Å². The molecule has 0 bridgehead atoms. The first-order valence-corrected chi connectivity index (χ1v) is 6.64. The van der Waals surface area contributed by atoms with Gasteiger partial charge in [0.25, 0.3) is 0 Å². The Morgan fingerprint density at radius 3 is 2.94 bits per heavy atom. The Morgan fingerprint density at radius 2 is 2.28 bits per heavy atom. The highest BCUT2D eigenvalue weighted by Crippen LogP contribution is 2.22. The molecular weight excluding hydrogens is 253 g/mol. The molecule has 1 atom stereocenters. The molecule has 1 aromatic carbocycles. The smallest absolute Gasteiger partial charge is 0.146 e.